The first-order valence-electron chi connectivity index (χ1n) is 10.0. The van der Waals surface area contributed by atoms with Crippen LogP contribution in [-0.4, -0.2) is 22.3 Å². The van der Waals surface area contributed by atoms with Crippen molar-refractivity contribution in [3.05, 3.63) is 0 Å². The van der Waals surface area contributed by atoms with Gasteiger partial charge in [-0.2, -0.15) is 0 Å². The van der Waals surface area contributed by atoms with Crippen LogP contribution in [0.4, 0.5) is 0 Å². The van der Waals surface area contributed by atoms with Gasteiger partial charge >= 0.3 is 0 Å². The molecule has 1 saturated carbocycles. The molecule has 1 aliphatic carbocycles. The summed E-state index contributed by atoms with van der Waals surface area (Å²) in [5.41, 5.74) is 0. The summed E-state index contributed by atoms with van der Waals surface area (Å²) < 4.78 is 0. The van der Waals surface area contributed by atoms with Gasteiger partial charge in [-0.3, -0.25) is 4.79 Å². The van der Waals surface area contributed by atoms with Crippen molar-refractivity contribution < 1.29 is 15.0 Å². The topological polar surface area (TPSA) is 57.5 Å². The second-order valence-corrected chi connectivity index (χ2v) is 7.40. The van der Waals surface area contributed by atoms with Crippen LogP contribution in [0.2, 0.25) is 0 Å². The first kappa shape index (κ1) is 20.6. The fourth-order valence-electron chi connectivity index (χ4n) is 3.95. The molecule has 1 fully saturated rings. The van der Waals surface area contributed by atoms with E-state index < -0.39 is 6.29 Å². The molecule has 2 N–H and O–H groups in total. The smallest absolute Gasteiger partial charge is 0.151 e. The molecule has 0 amide bonds. The zero-order chi connectivity index (χ0) is 16.9. The van der Waals surface area contributed by atoms with Crippen LogP contribution in [0.3, 0.4) is 0 Å². The zero-order valence-electron chi connectivity index (χ0n) is 15.1. The quantitative estimate of drug-likeness (QED) is 0.349. The van der Waals surface area contributed by atoms with Gasteiger partial charge in [-0.15, -0.1) is 0 Å². The maximum absolute atomic E-state index is 12.1. The lowest BCUT2D eigenvalue weighted by molar-refractivity contribution is -0.121. The lowest BCUT2D eigenvalue weighted by atomic mass is 9.86. The van der Waals surface area contributed by atoms with E-state index in [0.717, 1.165) is 38.5 Å². The van der Waals surface area contributed by atoms with Gasteiger partial charge in [-0.05, 0) is 38.0 Å². The predicted molar refractivity (Wildman–Crippen MR) is 95.1 cm³/mol. The van der Waals surface area contributed by atoms with Crippen LogP contribution in [0, 0.1) is 11.8 Å². The highest BCUT2D eigenvalue weighted by atomic mass is 16.5. The Morgan fingerprint density at radius 1 is 0.913 bits per heavy atom. The first-order valence-corrected chi connectivity index (χ1v) is 10.0. The molecule has 0 unspecified atom stereocenters. The molecule has 1 rings (SSSR count). The summed E-state index contributed by atoms with van der Waals surface area (Å²) in [5.74, 6) is 1.49. The molecule has 0 aromatic carbocycles. The van der Waals surface area contributed by atoms with E-state index in [9.17, 15) is 4.79 Å². The standard InChI is InChI=1S/C20H38O3/c1-2-3-4-5-6-10-13-18-17(15-16-19(18)21)12-9-7-8-11-14-20(22)23/h17-18,20,22-23H,2-16H2,1H3/t17-,18+/m0/s1. The largest absolute Gasteiger partial charge is 0.368 e. The van der Waals surface area contributed by atoms with E-state index in [1.54, 1.807) is 0 Å². The van der Waals surface area contributed by atoms with Gasteiger partial charge in [0.15, 0.2) is 6.29 Å². The van der Waals surface area contributed by atoms with E-state index in [1.165, 1.54) is 51.4 Å². The van der Waals surface area contributed by atoms with Crippen LogP contribution in [0.25, 0.3) is 0 Å². The average Bonchev–Trinajstić information content (AvgIpc) is 2.86. The number of aliphatic hydroxyl groups excluding tert-OH is 1. The number of ketones is 1. The van der Waals surface area contributed by atoms with E-state index in [4.69, 9.17) is 10.2 Å². The van der Waals surface area contributed by atoms with E-state index in [1.807, 2.05) is 0 Å². The molecule has 0 aromatic rings. The molecular formula is C20H38O3. The summed E-state index contributed by atoms with van der Waals surface area (Å²) in [4.78, 5) is 12.1. The molecule has 136 valence electrons. The third-order valence-electron chi connectivity index (χ3n) is 5.40. The van der Waals surface area contributed by atoms with Gasteiger partial charge in [-0.1, -0.05) is 64.7 Å². The third-order valence-corrected chi connectivity index (χ3v) is 5.40. The normalized spacial score (nSPS) is 21.5. The minimum Gasteiger partial charge on any atom is -0.368 e. The summed E-state index contributed by atoms with van der Waals surface area (Å²) in [6.45, 7) is 2.24. The highest BCUT2D eigenvalue weighted by Crippen LogP contribution is 2.36. The van der Waals surface area contributed by atoms with E-state index in [2.05, 4.69) is 6.92 Å². The Morgan fingerprint density at radius 3 is 2.22 bits per heavy atom. The number of hydrogen-bond donors (Lipinski definition) is 2. The molecule has 0 aliphatic heterocycles. The van der Waals surface area contributed by atoms with E-state index in [-0.39, 0.29) is 0 Å². The summed E-state index contributed by atoms with van der Waals surface area (Å²) in [6, 6.07) is 0. The summed E-state index contributed by atoms with van der Waals surface area (Å²) >= 11 is 0. The summed E-state index contributed by atoms with van der Waals surface area (Å²) in [6.07, 6.45) is 15.7. The molecule has 3 heteroatoms. The summed E-state index contributed by atoms with van der Waals surface area (Å²) in [5, 5.41) is 17.6. The molecule has 23 heavy (non-hydrogen) atoms. The van der Waals surface area contributed by atoms with Gasteiger partial charge < -0.3 is 10.2 Å². The number of aliphatic hydroxyl groups is 2. The Labute approximate surface area is 142 Å². The van der Waals surface area contributed by atoms with Gasteiger partial charge in [0.1, 0.15) is 5.78 Å². The van der Waals surface area contributed by atoms with Gasteiger partial charge in [0.05, 0.1) is 0 Å². The van der Waals surface area contributed by atoms with Crippen molar-refractivity contribution in [3.8, 4) is 0 Å². The maximum atomic E-state index is 12.1. The van der Waals surface area contributed by atoms with Crippen LogP contribution in [0.15, 0.2) is 0 Å². The van der Waals surface area contributed by atoms with Crippen LogP contribution >= 0.6 is 0 Å². The Kier molecular flexibility index (Phi) is 11.6. The molecule has 1 aliphatic rings. The highest BCUT2D eigenvalue weighted by molar-refractivity contribution is 5.83. The van der Waals surface area contributed by atoms with Gasteiger partial charge in [-0.25, -0.2) is 0 Å². The molecular weight excluding hydrogens is 288 g/mol. The van der Waals surface area contributed by atoms with Crippen molar-refractivity contribution >= 4 is 5.78 Å². The fourth-order valence-corrected chi connectivity index (χ4v) is 3.95. The Morgan fingerprint density at radius 2 is 1.52 bits per heavy atom. The van der Waals surface area contributed by atoms with Crippen molar-refractivity contribution in [2.75, 3.05) is 0 Å². The maximum Gasteiger partial charge on any atom is 0.151 e. The molecule has 0 heterocycles. The monoisotopic (exact) mass is 326 g/mol. The van der Waals surface area contributed by atoms with Crippen molar-refractivity contribution in [1.82, 2.24) is 0 Å². The minimum atomic E-state index is -1.15. The van der Waals surface area contributed by atoms with Crippen LogP contribution in [-0.2, 0) is 4.79 Å². The van der Waals surface area contributed by atoms with Gasteiger partial charge in [0.2, 0.25) is 0 Å². The zero-order valence-corrected chi connectivity index (χ0v) is 15.1. The third kappa shape index (κ3) is 9.46. The van der Waals surface area contributed by atoms with Crippen molar-refractivity contribution in [2.24, 2.45) is 11.8 Å². The van der Waals surface area contributed by atoms with Crippen molar-refractivity contribution in [3.63, 3.8) is 0 Å². The SMILES string of the molecule is CCCCCCCC[C@H]1C(=O)CC[C@@H]1CCCCCCC(O)O. The fraction of sp³-hybridized carbons (Fsp3) is 0.950. The lowest BCUT2D eigenvalue weighted by Crippen LogP contribution is -2.15. The molecule has 0 bridgehead atoms. The summed E-state index contributed by atoms with van der Waals surface area (Å²) in [7, 11) is 0. The number of carbonyl (C=O) groups excluding carboxylic acids is 1. The number of unbranched alkanes of at least 4 members (excludes halogenated alkanes) is 8. The minimum absolute atomic E-state index is 0.348. The van der Waals surface area contributed by atoms with Crippen LogP contribution in [0.1, 0.15) is 103 Å². The number of Topliss-reactive ketones (excluding diaryl/α,β-unsaturated/α-hetero) is 1. The van der Waals surface area contributed by atoms with E-state index >= 15 is 0 Å². The molecule has 0 aromatic heterocycles. The average molecular weight is 327 g/mol. The molecule has 0 spiro atoms. The van der Waals surface area contributed by atoms with Crippen molar-refractivity contribution in [1.29, 1.82) is 0 Å². The first-order chi connectivity index (χ1) is 11.1. The second-order valence-electron chi connectivity index (χ2n) is 7.40. The highest BCUT2D eigenvalue weighted by Gasteiger charge is 2.33. The Hall–Kier alpha value is -0.410. The molecule has 0 radical (unpaired) electrons. The Balaban J connectivity index is 2.09. The predicted octanol–water partition coefficient (Wildman–Crippen LogP) is 4.98. The van der Waals surface area contributed by atoms with Gasteiger partial charge in [0, 0.05) is 12.3 Å². The molecule has 3 nitrogen and oxygen atoms in total. The lowest BCUT2D eigenvalue weighted by Gasteiger charge is -2.18. The molecule has 2 atom stereocenters. The van der Waals surface area contributed by atoms with E-state index in [0.29, 0.717) is 24.0 Å². The van der Waals surface area contributed by atoms with Gasteiger partial charge in [0.25, 0.3) is 0 Å². The van der Waals surface area contributed by atoms with Crippen molar-refractivity contribution in [2.45, 2.75) is 110 Å². The van der Waals surface area contributed by atoms with Crippen LogP contribution in [0.5, 0.6) is 0 Å². The Bertz CT molecular complexity index is 301. The number of hydrogen-bond acceptors (Lipinski definition) is 3. The molecule has 0 saturated heterocycles. The second kappa shape index (κ2) is 12.9. The van der Waals surface area contributed by atoms with Crippen LogP contribution < -0.4 is 0 Å². The number of carbonyl (C=O) groups is 1. The number of rotatable bonds is 14.